The van der Waals surface area contributed by atoms with Gasteiger partial charge in [-0.25, -0.2) is 9.78 Å². The highest BCUT2D eigenvalue weighted by Crippen LogP contribution is 2.43. The Morgan fingerprint density at radius 2 is 2.19 bits per heavy atom. The molecular formula is C15H17N5O5S2. The summed E-state index contributed by atoms with van der Waals surface area (Å²) in [7, 11) is 1.28. The minimum Gasteiger partial charge on any atom is -0.477 e. The number of carboxylic acid groups (broad SMARTS) is 1. The van der Waals surface area contributed by atoms with Gasteiger partial charge in [0.05, 0.1) is 0 Å². The standard InChI is InChI=1S/C15H17N5O5S2/c1-5-6(2)27-13-9(12(22)20(13)10(5)14(23)24)18-11(21)8(19-25-3)7-4-26-15(16)17-7/h4,6,9,13H,1-3H3,(H2,16,17)(H,18,21)(H,23,24)/t6?,9?,13-/m0/s1. The van der Waals surface area contributed by atoms with Gasteiger partial charge in [0.25, 0.3) is 11.8 Å². The number of hydrogen-bond acceptors (Lipinski definition) is 9. The highest BCUT2D eigenvalue weighted by atomic mass is 32.2. The van der Waals surface area contributed by atoms with Crippen molar-refractivity contribution in [1.82, 2.24) is 15.2 Å². The summed E-state index contributed by atoms with van der Waals surface area (Å²) in [6.07, 6.45) is 0. The summed E-state index contributed by atoms with van der Waals surface area (Å²) in [5.41, 5.74) is 6.29. The number of amides is 2. The van der Waals surface area contributed by atoms with Crippen LogP contribution in [0.5, 0.6) is 0 Å². The second kappa shape index (κ2) is 7.19. The van der Waals surface area contributed by atoms with Crippen molar-refractivity contribution in [3.8, 4) is 0 Å². The summed E-state index contributed by atoms with van der Waals surface area (Å²) in [6.45, 7) is 3.55. The van der Waals surface area contributed by atoms with E-state index in [9.17, 15) is 19.5 Å². The summed E-state index contributed by atoms with van der Waals surface area (Å²) in [4.78, 5) is 46.6. The molecule has 0 saturated carbocycles. The molecule has 0 spiro atoms. The van der Waals surface area contributed by atoms with Gasteiger partial charge in [-0.15, -0.1) is 23.1 Å². The van der Waals surface area contributed by atoms with Gasteiger partial charge >= 0.3 is 5.97 Å². The van der Waals surface area contributed by atoms with Crippen LogP contribution in [0.4, 0.5) is 5.13 Å². The van der Waals surface area contributed by atoms with Crippen molar-refractivity contribution >= 4 is 51.7 Å². The van der Waals surface area contributed by atoms with Crippen molar-refractivity contribution in [3.05, 3.63) is 22.3 Å². The van der Waals surface area contributed by atoms with Crippen molar-refractivity contribution in [2.24, 2.45) is 5.16 Å². The normalized spacial score (nSPS) is 25.0. The van der Waals surface area contributed by atoms with E-state index >= 15 is 0 Å². The molecule has 3 heterocycles. The van der Waals surface area contributed by atoms with Crippen molar-refractivity contribution < 1.29 is 24.3 Å². The molecule has 2 aliphatic rings. The van der Waals surface area contributed by atoms with Gasteiger partial charge < -0.3 is 21.0 Å². The number of aliphatic carboxylic acids is 1. The van der Waals surface area contributed by atoms with Gasteiger partial charge in [0, 0.05) is 10.6 Å². The smallest absolute Gasteiger partial charge is 0.352 e. The Morgan fingerprint density at radius 1 is 1.48 bits per heavy atom. The fourth-order valence-corrected chi connectivity index (χ4v) is 4.80. The maximum absolute atomic E-state index is 12.6. The molecule has 1 saturated heterocycles. The minimum absolute atomic E-state index is 0.0280. The number of nitrogens with one attached hydrogen (secondary N) is 1. The zero-order valence-corrected chi connectivity index (χ0v) is 16.3. The molecule has 12 heteroatoms. The van der Waals surface area contributed by atoms with E-state index in [1.165, 1.54) is 23.8 Å². The Morgan fingerprint density at radius 3 is 2.74 bits per heavy atom. The molecule has 0 radical (unpaired) electrons. The summed E-state index contributed by atoms with van der Waals surface area (Å²) in [5.74, 6) is -2.31. The zero-order valence-electron chi connectivity index (χ0n) is 14.6. The number of carboxylic acids is 1. The largest absolute Gasteiger partial charge is 0.477 e. The van der Waals surface area contributed by atoms with Crippen LogP contribution >= 0.6 is 23.1 Å². The topological polar surface area (TPSA) is 147 Å². The first-order chi connectivity index (χ1) is 12.8. The molecule has 1 fully saturated rings. The molecule has 2 aliphatic heterocycles. The Balaban J connectivity index is 1.81. The van der Waals surface area contributed by atoms with Gasteiger partial charge in [0.15, 0.2) is 10.8 Å². The van der Waals surface area contributed by atoms with Gasteiger partial charge in [0.1, 0.15) is 29.9 Å². The monoisotopic (exact) mass is 411 g/mol. The summed E-state index contributed by atoms with van der Waals surface area (Å²) in [5, 5.41) is 16.9. The van der Waals surface area contributed by atoms with E-state index in [1.54, 1.807) is 12.3 Å². The molecule has 3 rings (SSSR count). The number of aromatic nitrogens is 1. The molecule has 144 valence electrons. The first-order valence-corrected chi connectivity index (χ1v) is 9.64. The molecule has 10 nitrogen and oxygen atoms in total. The number of fused-ring (bicyclic) bond motifs is 1. The van der Waals surface area contributed by atoms with Crippen LogP contribution in [0.3, 0.4) is 0 Å². The van der Waals surface area contributed by atoms with E-state index < -0.39 is 29.2 Å². The Bertz CT molecular complexity index is 880. The molecule has 2 amide bonds. The maximum atomic E-state index is 12.6. The molecule has 3 atom stereocenters. The van der Waals surface area contributed by atoms with Gasteiger partial charge in [0.2, 0.25) is 0 Å². The number of β-lactam (4-membered cyclic amide) rings is 1. The Kier molecular flexibility index (Phi) is 5.11. The fraction of sp³-hybridized carbons (Fsp3) is 0.400. The van der Waals surface area contributed by atoms with Crippen LogP contribution in [0.2, 0.25) is 0 Å². The predicted molar refractivity (Wildman–Crippen MR) is 100 cm³/mol. The quantitative estimate of drug-likeness (QED) is 0.354. The van der Waals surface area contributed by atoms with Crippen LogP contribution in [0, 0.1) is 0 Å². The number of nitrogens with two attached hydrogens (primary N) is 1. The second-order valence-corrected chi connectivity index (χ2v) is 8.21. The van der Waals surface area contributed by atoms with Crippen molar-refractivity contribution in [2.75, 3.05) is 12.8 Å². The fourth-order valence-electron chi connectivity index (χ4n) is 2.84. The summed E-state index contributed by atoms with van der Waals surface area (Å²) < 4.78 is 0. The maximum Gasteiger partial charge on any atom is 0.352 e. The van der Waals surface area contributed by atoms with Crippen molar-refractivity contribution in [3.63, 3.8) is 0 Å². The van der Waals surface area contributed by atoms with E-state index in [0.717, 1.165) is 11.3 Å². The Hall–Kier alpha value is -2.60. The Labute approximate surface area is 162 Å². The highest BCUT2D eigenvalue weighted by Gasteiger charge is 2.55. The highest BCUT2D eigenvalue weighted by molar-refractivity contribution is 8.00. The number of hydrogen-bond donors (Lipinski definition) is 3. The van der Waals surface area contributed by atoms with Crippen molar-refractivity contribution in [2.45, 2.75) is 30.5 Å². The number of thiazole rings is 1. The van der Waals surface area contributed by atoms with Gasteiger partial charge in [-0.3, -0.25) is 14.5 Å². The third-order valence-electron chi connectivity index (χ3n) is 4.26. The first kappa shape index (κ1) is 19.2. The van der Waals surface area contributed by atoms with Crippen molar-refractivity contribution in [1.29, 1.82) is 0 Å². The van der Waals surface area contributed by atoms with E-state index in [-0.39, 0.29) is 27.5 Å². The lowest BCUT2D eigenvalue weighted by atomic mass is 10.0. The van der Waals surface area contributed by atoms with Gasteiger partial charge in [-0.05, 0) is 19.4 Å². The number of oxime groups is 1. The van der Waals surface area contributed by atoms with Crippen LogP contribution < -0.4 is 11.1 Å². The molecule has 2 unspecified atom stereocenters. The average molecular weight is 411 g/mol. The average Bonchev–Trinajstić information content (AvgIpc) is 3.05. The number of anilines is 1. The number of nitrogens with zero attached hydrogens (tertiary/aromatic N) is 3. The third-order valence-corrected chi connectivity index (χ3v) is 6.46. The molecule has 4 N–H and O–H groups in total. The van der Waals surface area contributed by atoms with Crippen LogP contribution in [0.25, 0.3) is 0 Å². The number of nitrogen functional groups attached to an aromatic ring is 1. The predicted octanol–water partition coefficient (Wildman–Crippen LogP) is 0.223. The third kappa shape index (κ3) is 3.25. The molecule has 1 aromatic rings. The molecular weight excluding hydrogens is 394 g/mol. The van der Waals surface area contributed by atoms with Crippen LogP contribution in [-0.2, 0) is 19.2 Å². The molecule has 0 bridgehead atoms. The van der Waals surface area contributed by atoms with E-state index in [1.807, 2.05) is 6.92 Å². The van der Waals surface area contributed by atoms with Crippen LogP contribution in [0.15, 0.2) is 21.8 Å². The lowest BCUT2D eigenvalue weighted by Crippen LogP contribution is -2.71. The first-order valence-electron chi connectivity index (χ1n) is 7.82. The number of carbonyl (C=O) groups is 3. The number of thioether (sulfide) groups is 1. The molecule has 0 aromatic carbocycles. The second-order valence-electron chi connectivity index (χ2n) is 5.86. The lowest BCUT2D eigenvalue weighted by Gasteiger charge is -2.50. The lowest BCUT2D eigenvalue weighted by molar-refractivity contribution is -0.150. The number of carbonyl (C=O) groups excluding carboxylic acids is 2. The van der Waals surface area contributed by atoms with E-state index in [4.69, 9.17) is 10.6 Å². The zero-order chi connectivity index (χ0) is 19.9. The van der Waals surface area contributed by atoms with Crippen LogP contribution in [0.1, 0.15) is 19.5 Å². The van der Waals surface area contributed by atoms with Gasteiger partial charge in [-0.2, -0.15) is 0 Å². The molecule has 1 aromatic heterocycles. The van der Waals surface area contributed by atoms with E-state index in [0.29, 0.717) is 5.57 Å². The number of rotatable bonds is 5. The molecule has 0 aliphatic carbocycles. The van der Waals surface area contributed by atoms with E-state index in [2.05, 4.69) is 15.5 Å². The van der Waals surface area contributed by atoms with Crippen LogP contribution in [-0.4, -0.2) is 62.3 Å². The minimum atomic E-state index is -1.16. The molecule has 27 heavy (non-hydrogen) atoms. The summed E-state index contributed by atoms with van der Waals surface area (Å²) >= 11 is 2.55. The summed E-state index contributed by atoms with van der Waals surface area (Å²) in [6, 6.07) is -0.870. The SMILES string of the molecule is CON=C(C(=O)NC1C(=O)N2C(C(=O)O)=C(C)C(C)S[C@@H]12)c1csc(N)n1. The van der Waals surface area contributed by atoms with Gasteiger partial charge in [-0.1, -0.05) is 5.16 Å².